The molecular formula is C54H48F2N18O4. The number of para-hydroxylation sites is 2. The maximum Gasteiger partial charge on any atom is 0.437 e. The van der Waals surface area contributed by atoms with E-state index in [2.05, 4.69) is 83.0 Å². The third kappa shape index (κ3) is 7.81. The quantitative estimate of drug-likeness (QED) is 0.0872. The van der Waals surface area contributed by atoms with Crippen LogP contribution in [0.2, 0.25) is 0 Å². The Labute approximate surface area is 439 Å². The largest absolute Gasteiger partial charge is 0.437 e. The summed E-state index contributed by atoms with van der Waals surface area (Å²) in [7, 11) is 3.39. The van der Waals surface area contributed by atoms with Gasteiger partial charge in [-0.2, -0.15) is 19.6 Å². The molecule has 2 aromatic carbocycles. The summed E-state index contributed by atoms with van der Waals surface area (Å²) in [6.45, 7) is 4.87. The molecule has 0 spiro atoms. The summed E-state index contributed by atoms with van der Waals surface area (Å²) >= 11 is 0. The van der Waals surface area contributed by atoms with Gasteiger partial charge in [-0.15, -0.1) is 10.2 Å². The Morgan fingerprint density at radius 3 is 1.58 bits per heavy atom. The van der Waals surface area contributed by atoms with Crippen molar-refractivity contribution in [3.63, 3.8) is 0 Å². The van der Waals surface area contributed by atoms with Crippen LogP contribution in [-0.2, 0) is 51.1 Å². The van der Waals surface area contributed by atoms with E-state index in [0.717, 1.165) is 55.4 Å². The van der Waals surface area contributed by atoms with Crippen LogP contribution < -0.4 is 22.1 Å². The Morgan fingerprint density at radius 2 is 1.12 bits per heavy atom. The Balaban J connectivity index is 0.000000148. The number of pyridine rings is 2. The number of hydrogen-bond acceptors (Lipinski definition) is 14. The van der Waals surface area contributed by atoms with Gasteiger partial charge < -0.3 is 28.8 Å². The molecule has 22 nitrogen and oxygen atoms in total. The van der Waals surface area contributed by atoms with Crippen molar-refractivity contribution >= 4 is 21.8 Å². The Kier molecular flexibility index (Phi) is 11.4. The highest BCUT2D eigenvalue weighted by atomic mass is 19.1. The van der Waals surface area contributed by atoms with E-state index in [1.54, 1.807) is 48.6 Å². The topological polar surface area (TPSA) is 270 Å². The minimum absolute atomic E-state index is 0.190. The molecule has 0 radical (unpaired) electrons. The third-order valence-electron chi connectivity index (χ3n) is 14.6. The Morgan fingerprint density at radius 1 is 0.590 bits per heavy atom. The van der Waals surface area contributed by atoms with Crippen molar-refractivity contribution in [2.45, 2.75) is 62.9 Å². The van der Waals surface area contributed by atoms with Crippen molar-refractivity contribution in [3.05, 3.63) is 212 Å². The van der Waals surface area contributed by atoms with Crippen LogP contribution in [0.5, 0.6) is 0 Å². The molecule has 6 N–H and O–H groups in total. The standard InChI is InChI=1S/2C27H24FN9O2/c1-3-37-14-15(11-31-37)27(25-35-36(2)26(38)39-25)23-18(17-6-4-5-7-19(17)32-23)10-21(34-27)24-30-13-22(33-24)20-9-8-16(28)12-29-20;1-3-37-26(38)39-25(35-37)27(15-11-31-36(2)14-15)23-18(17-6-4-5-7-19(17)32-23)10-21(34-27)24-30-13-22(33-24)20-9-8-16(28)12-29-20/h2*4-9,11-14,21,32,34H,3,10H2,1-2H3,(H,30,33)/t2*21-,27?/m11/s1. The van der Waals surface area contributed by atoms with Gasteiger partial charge in [0.15, 0.2) is 11.1 Å². The average molecular weight is 1050 g/mol. The molecule has 2 unspecified atom stereocenters. The first-order valence-corrected chi connectivity index (χ1v) is 25.2. The number of fused-ring (bicyclic) bond motifs is 6. The lowest BCUT2D eigenvalue weighted by atomic mass is 9.79. The highest BCUT2D eigenvalue weighted by molar-refractivity contribution is 5.87. The van der Waals surface area contributed by atoms with Gasteiger partial charge in [-0.3, -0.25) is 30.0 Å². The Bertz CT molecular complexity index is 4130. The summed E-state index contributed by atoms with van der Waals surface area (Å²) in [5, 5.41) is 27.6. The summed E-state index contributed by atoms with van der Waals surface area (Å²) in [5.74, 6) is -0.240. The number of imidazole rings is 2. The van der Waals surface area contributed by atoms with Crippen LogP contribution in [0.25, 0.3) is 44.6 Å². The normalized spacial score (nSPS) is 19.0. The molecule has 2 aliphatic rings. The van der Waals surface area contributed by atoms with Gasteiger partial charge >= 0.3 is 11.5 Å². The van der Waals surface area contributed by atoms with Crippen LogP contribution in [0.3, 0.4) is 0 Å². The van der Waals surface area contributed by atoms with Gasteiger partial charge in [-0.1, -0.05) is 36.4 Å². The van der Waals surface area contributed by atoms with Crippen molar-refractivity contribution in [2.24, 2.45) is 14.1 Å². The van der Waals surface area contributed by atoms with E-state index in [-0.39, 0.29) is 23.9 Å². The molecule has 4 atom stereocenters. The number of aryl methyl sites for hydroxylation is 4. The van der Waals surface area contributed by atoms with E-state index >= 15 is 0 Å². The van der Waals surface area contributed by atoms with E-state index in [9.17, 15) is 18.4 Å². The molecule has 0 aliphatic carbocycles. The fourth-order valence-corrected chi connectivity index (χ4v) is 10.9. The van der Waals surface area contributed by atoms with Crippen molar-refractivity contribution in [3.8, 4) is 22.8 Å². The van der Waals surface area contributed by atoms with Gasteiger partial charge in [0.2, 0.25) is 11.8 Å². The molecule has 0 fully saturated rings. The molecule has 0 bridgehead atoms. The molecule has 392 valence electrons. The van der Waals surface area contributed by atoms with Crippen molar-refractivity contribution in [1.29, 1.82) is 0 Å². The monoisotopic (exact) mass is 1050 g/mol. The van der Waals surface area contributed by atoms with E-state index in [0.29, 0.717) is 60.4 Å². The zero-order chi connectivity index (χ0) is 53.5. The minimum Gasteiger partial charge on any atom is -0.389 e. The van der Waals surface area contributed by atoms with Crippen LogP contribution in [0, 0.1) is 11.6 Å². The molecule has 0 saturated carbocycles. The summed E-state index contributed by atoms with van der Waals surface area (Å²) in [5.41, 5.74) is 7.26. The molecular weight excluding hydrogens is 1000 g/mol. The molecule has 14 rings (SSSR count). The Hall–Kier alpha value is -9.68. The number of benzene rings is 2. The maximum absolute atomic E-state index is 13.5. The highest BCUT2D eigenvalue weighted by Gasteiger charge is 2.52. The fourth-order valence-electron chi connectivity index (χ4n) is 10.9. The number of nitrogens with one attached hydrogen (secondary N) is 6. The number of hydrogen-bond donors (Lipinski definition) is 6. The number of aromatic nitrogens is 16. The lowest BCUT2D eigenvalue weighted by Gasteiger charge is -2.38. The number of aromatic amines is 4. The van der Waals surface area contributed by atoms with Gasteiger partial charge in [0.1, 0.15) is 23.3 Å². The molecule has 0 saturated heterocycles. The second kappa shape index (κ2) is 18.6. The van der Waals surface area contributed by atoms with Crippen molar-refractivity contribution in [2.75, 3.05) is 0 Å². The second-order valence-corrected chi connectivity index (χ2v) is 19.2. The van der Waals surface area contributed by atoms with Crippen LogP contribution in [-0.4, -0.2) is 79.0 Å². The molecule has 24 heteroatoms. The van der Waals surface area contributed by atoms with Gasteiger partial charge in [-0.25, -0.2) is 28.3 Å². The zero-order valence-electron chi connectivity index (χ0n) is 42.3. The number of rotatable bonds is 10. The molecule has 0 amide bonds. The minimum atomic E-state index is -1.17. The summed E-state index contributed by atoms with van der Waals surface area (Å²) in [6, 6.07) is 21.3. The fraction of sp³-hybridized carbons (Fsp3) is 0.222. The average Bonchev–Trinajstić information content (AvgIpc) is 4.25. The van der Waals surface area contributed by atoms with E-state index in [1.165, 1.54) is 33.9 Å². The van der Waals surface area contributed by atoms with Gasteiger partial charge in [0.25, 0.3) is 0 Å². The number of nitrogens with zero attached hydrogens (tertiary/aromatic N) is 12. The first-order chi connectivity index (χ1) is 37.9. The van der Waals surface area contributed by atoms with E-state index in [4.69, 9.17) is 8.83 Å². The summed E-state index contributed by atoms with van der Waals surface area (Å²) in [6.07, 6.45) is 14.2. The van der Waals surface area contributed by atoms with Gasteiger partial charge in [-0.05, 0) is 74.2 Å². The maximum atomic E-state index is 13.5. The first-order valence-electron chi connectivity index (χ1n) is 25.2. The lowest BCUT2D eigenvalue weighted by molar-refractivity contribution is 0.284. The van der Waals surface area contributed by atoms with E-state index < -0.39 is 34.2 Å². The van der Waals surface area contributed by atoms with E-state index in [1.807, 2.05) is 74.4 Å². The van der Waals surface area contributed by atoms with Crippen LogP contribution in [0.15, 0.2) is 141 Å². The van der Waals surface area contributed by atoms with Crippen LogP contribution in [0.4, 0.5) is 8.78 Å². The molecule has 12 aromatic rings. The molecule has 78 heavy (non-hydrogen) atoms. The molecule has 2 aliphatic heterocycles. The highest BCUT2D eigenvalue weighted by Crippen LogP contribution is 2.48. The first kappa shape index (κ1) is 48.0. The smallest absolute Gasteiger partial charge is 0.389 e. The summed E-state index contributed by atoms with van der Waals surface area (Å²) in [4.78, 5) is 56.9. The van der Waals surface area contributed by atoms with Crippen LogP contribution in [0.1, 0.15) is 83.0 Å². The van der Waals surface area contributed by atoms with Crippen molar-refractivity contribution in [1.82, 2.24) is 89.6 Å². The van der Waals surface area contributed by atoms with Crippen molar-refractivity contribution < 1.29 is 17.6 Å². The number of halogens is 2. The van der Waals surface area contributed by atoms with Gasteiger partial charge in [0, 0.05) is 72.5 Å². The molecule has 12 heterocycles. The van der Waals surface area contributed by atoms with Crippen LogP contribution >= 0.6 is 0 Å². The lowest BCUT2D eigenvalue weighted by Crippen LogP contribution is -2.51. The molecule has 10 aromatic heterocycles. The predicted molar refractivity (Wildman–Crippen MR) is 278 cm³/mol. The predicted octanol–water partition coefficient (Wildman–Crippen LogP) is 6.35. The zero-order valence-corrected chi connectivity index (χ0v) is 42.3. The van der Waals surface area contributed by atoms with Gasteiger partial charge in [0.05, 0.1) is 83.4 Å². The number of H-pyrrole nitrogens is 4. The third-order valence-corrected chi connectivity index (χ3v) is 14.6. The SMILES string of the molecule is CCn1cc(C2(c3nn(C)c(=O)o3)N[C@@H](c3ncc(-c4ccc(F)cn4)[nH]3)Cc3c2[nH]c2ccccc32)cn1.CCn1nc(C2(c3cnn(C)c3)N[C@@H](c3ncc(-c4ccc(F)cn4)[nH]3)Cc3c2[nH]c2ccccc32)oc1=O. The summed E-state index contributed by atoms with van der Waals surface area (Å²) < 4.78 is 44.5. The second-order valence-electron chi connectivity index (χ2n) is 19.2.